The van der Waals surface area contributed by atoms with Gasteiger partial charge in [0.2, 0.25) is 0 Å². The first-order valence-electron chi connectivity index (χ1n) is 22.4. The molecule has 0 amide bonds. The van der Waals surface area contributed by atoms with Gasteiger partial charge in [-0.25, -0.2) is 4.57 Å². The third-order valence-electron chi connectivity index (χ3n) is 9.32. The molecule has 0 aromatic carbocycles. The van der Waals surface area contributed by atoms with Crippen LogP contribution >= 0.6 is 7.82 Å². The van der Waals surface area contributed by atoms with Gasteiger partial charge in [-0.15, -0.1) is 0 Å². The third-order valence-corrected chi connectivity index (χ3v) is 10.3. The fraction of sp³-hybridized carbons (Fsp3) is 0.717. The van der Waals surface area contributed by atoms with E-state index in [0.717, 1.165) is 44.9 Å². The molecular weight excluding hydrogens is 773 g/mol. The van der Waals surface area contributed by atoms with Crippen LogP contribution in [0, 0.1) is 0 Å². The fourth-order valence-corrected chi connectivity index (χ4v) is 6.50. The summed E-state index contributed by atoms with van der Waals surface area (Å²) >= 11 is 0. The number of rotatable bonds is 41. The van der Waals surface area contributed by atoms with Crippen LogP contribution < -0.4 is 5.73 Å². The number of carbonyl (C=O) groups is 3. The average molecular weight is 854 g/mol. The van der Waals surface area contributed by atoms with Crippen LogP contribution in [0.4, 0.5) is 0 Å². The van der Waals surface area contributed by atoms with E-state index in [0.29, 0.717) is 25.7 Å². The first-order chi connectivity index (χ1) is 28.5. The van der Waals surface area contributed by atoms with Crippen molar-refractivity contribution in [2.75, 3.05) is 19.8 Å². The molecule has 5 N–H and O–H groups in total. The highest BCUT2D eigenvalue weighted by atomic mass is 31.2. The van der Waals surface area contributed by atoms with Crippen molar-refractivity contribution < 1.29 is 52.6 Å². The van der Waals surface area contributed by atoms with E-state index in [1.807, 2.05) is 18.2 Å². The van der Waals surface area contributed by atoms with Gasteiger partial charge in [-0.2, -0.15) is 0 Å². The molecule has 0 radical (unpaired) electrons. The quantitative estimate of drug-likeness (QED) is 0.0150. The number of allylic oxidation sites excluding steroid dienone is 8. The Hall–Kier alpha value is -2.86. The van der Waals surface area contributed by atoms with Crippen molar-refractivity contribution in [1.29, 1.82) is 0 Å². The molecule has 4 atom stereocenters. The first kappa shape index (κ1) is 56.1. The van der Waals surface area contributed by atoms with E-state index in [1.54, 1.807) is 18.2 Å². The second kappa shape index (κ2) is 40.5. The van der Waals surface area contributed by atoms with Crippen molar-refractivity contribution in [3.05, 3.63) is 60.8 Å². The van der Waals surface area contributed by atoms with Gasteiger partial charge < -0.3 is 30.3 Å². The molecule has 340 valence electrons. The van der Waals surface area contributed by atoms with Crippen LogP contribution in [-0.4, -0.2) is 71.1 Å². The molecule has 0 saturated carbocycles. The minimum Gasteiger partial charge on any atom is -0.480 e. The van der Waals surface area contributed by atoms with Gasteiger partial charge in [0, 0.05) is 12.8 Å². The lowest BCUT2D eigenvalue weighted by atomic mass is 10.1. The number of esters is 2. The molecule has 0 aliphatic carbocycles. The van der Waals surface area contributed by atoms with Gasteiger partial charge in [0.15, 0.2) is 6.10 Å². The van der Waals surface area contributed by atoms with Crippen LogP contribution in [0.15, 0.2) is 60.8 Å². The molecule has 59 heavy (non-hydrogen) atoms. The summed E-state index contributed by atoms with van der Waals surface area (Å²) in [6.45, 7) is 2.61. The summed E-state index contributed by atoms with van der Waals surface area (Å²) in [5.74, 6) is -2.54. The zero-order valence-electron chi connectivity index (χ0n) is 36.4. The second-order valence-electron chi connectivity index (χ2n) is 15.0. The minimum absolute atomic E-state index is 0.0235. The third kappa shape index (κ3) is 40.3. The van der Waals surface area contributed by atoms with Crippen molar-refractivity contribution in [2.24, 2.45) is 5.73 Å². The molecule has 0 saturated heterocycles. The average Bonchev–Trinajstić information content (AvgIpc) is 3.21. The maximum absolute atomic E-state index is 12.6. The largest absolute Gasteiger partial charge is 0.480 e. The highest BCUT2D eigenvalue weighted by Gasteiger charge is 2.28. The Morgan fingerprint density at radius 2 is 1.12 bits per heavy atom. The number of carbonyl (C=O) groups excluding carboxylic acids is 2. The number of ether oxygens (including phenoxy) is 2. The maximum Gasteiger partial charge on any atom is 0.472 e. The summed E-state index contributed by atoms with van der Waals surface area (Å²) in [6.07, 6.45) is 43.1. The lowest BCUT2D eigenvalue weighted by molar-refractivity contribution is -0.161. The molecule has 0 bridgehead atoms. The summed E-state index contributed by atoms with van der Waals surface area (Å²) in [7, 11) is -4.76. The van der Waals surface area contributed by atoms with Gasteiger partial charge in [-0.3, -0.25) is 23.4 Å². The monoisotopic (exact) mass is 854 g/mol. The Morgan fingerprint density at radius 1 is 0.610 bits per heavy atom. The summed E-state index contributed by atoms with van der Waals surface area (Å²) < 4.78 is 32.6. The predicted molar refractivity (Wildman–Crippen MR) is 237 cm³/mol. The summed E-state index contributed by atoms with van der Waals surface area (Å²) in [4.78, 5) is 46.0. The zero-order chi connectivity index (χ0) is 43.7. The zero-order valence-corrected chi connectivity index (χ0v) is 37.3. The van der Waals surface area contributed by atoms with Gasteiger partial charge in [0.25, 0.3) is 0 Å². The normalized spacial score (nSPS) is 14.8. The Bertz CT molecular complexity index is 1250. The Balaban J connectivity index is 4.53. The van der Waals surface area contributed by atoms with Crippen molar-refractivity contribution in [2.45, 2.75) is 193 Å². The summed E-state index contributed by atoms with van der Waals surface area (Å²) in [5.41, 5.74) is 5.32. The molecule has 0 spiro atoms. The molecule has 0 rings (SSSR count). The van der Waals surface area contributed by atoms with Gasteiger partial charge in [-0.1, -0.05) is 152 Å². The summed E-state index contributed by atoms with van der Waals surface area (Å²) in [5, 5.41) is 19.0. The predicted octanol–water partition coefficient (Wildman–Crippen LogP) is 10.9. The fourth-order valence-electron chi connectivity index (χ4n) is 5.72. The molecule has 0 aromatic rings. The van der Waals surface area contributed by atoms with Crippen LogP contribution in [-0.2, 0) is 37.5 Å². The molecular formula is C46H80NO11P. The lowest BCUT2D eigenvalue weighted by Crippen LogP contribution is -2.34. The number of carboxylic acids is 1. The highest BCUT2D eigenvalue weighted by molar-refractivity contribution is 7.47. The number of carboxylic acid groups (broad SMARTS) is 1. The van der Waals surface area contributed by atoms with Crippen LogP contribution in [0.1, 0.15) is 174 Å². The molecule has 12 nitrogen and oxygen atoms in total. The maximum atomic E-state index is 12.6. The number of hydrogen-bond donors (Lipinski definition) is 4. The molecule has 0 fully saturated rings. The highest BCUT2D eigenvalue weighted by Crippen LogP contribution is 2.43. The number of unbranched alkanes of at least 4 members (excludes halogenated alkanes) is 17. The van der Waals surface area contributed by atoms with Crippen LogP contribution in [0.3, 0.4) is 0 Å². The number of nitrogens with two attached hydrogens (primary N) is 1. The van der Waals surface area contributed by atoms with Crippen molar-refractivity contribution in [1.82, 2.24) is 0 Å². The number of aliphatic hydroxyl groups is 1. The molecule has 0 heterocycles. The van der Waals surface area contributed by atoms with Gasteiger partial charge in [0.1, 0.15) is 12.6 Å². The summed E-state index contributed by atoms with van der Waals surface area (Å²) in [6, 6.07) is -1.55. The Morgan fingerprint density at radius 3 is 1.76 bits per heavy atom. The van der Waals surface area contributed by atoms with E-state index in [4.69, 9.17) is 24.8 Å². The number of phosphoric ester groups is 1. The van der Waals surface area contributed by atoms with E-state index in [9.17, 15) is 28.9 Å². The van der Waals surface area contributed by atoms with E-state index >= 15 is 0 Å². The smallest absolute Gasteiger partial charge is 0.472 e. The van der Waals surface area contributed by atoms with Crippen LogP contribution in [0.5, 0.6) is 0 Å². The van der Waals surface area contributed by atoms with Crippen molar-refractivity contribution >= 4 is 25.7 Å². The van der Waals surface area contributed by atoms with E-state index in [1.165, 1.54) is 77.0 Å². The van der Waals surface area contributed by atoms with Crippen LogP contribution in [0.25, 0.3) is 0 Å². The Kier molecular flexibility index (Phi) is 38.6. The number of aliphatic hydroxyl groups excluding tert-OH is 1. The van der Waals surface area contributed by atoms with Gasteiger partial charge in [-0.05, 0) is 70.6 Å². The lowest BCUT2D eigenvalue weighted by Gasteiger charge is -2.20. The number of aliphatic carboxylic acids is 1. The number of hydrogen-bond acceptors (Lipinski definition) is 10. The second-order valence-corrected chi connectivity index (χ2v) is 16.5. The number of phosphoric acid groups is 1. The molecule has 13 heteroatoms. The topological polar surface area (TPSA) is 192 Å². The van der Waals surface area contributed by atoms with Gasteiger partial charge in [0.05, 0.1) is 19.3 Å². The molecule has 0 aromatic heterocycles. The minimum atomic E-state index is -4.76. The van der Waals surface area contributed by atoms with Crippen molar-refractivity contribution in [3.8, 4) is 0 Å². The Labute approximate surface area is 356 Å². The van der Waals surface area contributed by atoms with E-state index < -0.39 is 63.8 Å². The van der Waals surface area contributed by atoms with Crippen LogP contribution in [0.2, 0.25) is 0 Å². The standard InChI is InChI=1S/C46H80NO11P/c1-3-5-7-9-11-13-14-15-16-17-18-19-20-22-24-28-32-36-44(49)55-38-42(39-56-59(53,54)57-40-43(47)46(51)52)58-45(50)37-33-29-25-27-31-35-41(48)34-30-26-23-21-12-10-8-6-4-2/h12,15-16,21,25-27,30-31,35,41-43,48H,3-11,13-14,17-20,22-24,28-29,32-34,36-40,47H2,1-2H3,(H,51,52)(H,53,54)/b16-15-,21-12-,27-25+,30-26-,35-31-/t41?,42-,43+/m1/s1. The van der Waals surface area contributed by atoms with Gasteiger partial charge >= 0.3 is 25.7 Å². The first-order valence-corrected chi connectivity index (χ1v) is 23.9. The van der Waals surface area contributed by atoms with Crippen molar-refractivity contribution in [3.63, 3.8) is 0 Å². The molecule has 2 unspecified atom stereocenters. The van der Waals surface area contributed by atoms with E-state index in [2.05, 4.69) is 42.7 Å². The molecule has 0 aliphatic rings. The van der Waals surface area contributed by atoms with E-state index in [-0.39, 0.29) is 12.8 Å². The SMILES string of the molecule is CCCCC/C=C\C/C=C\CC(O)/C=C\C=C\CCCC(=O)O[C@H](COC(=O)CCCCCCCCC/C=C\CCCCCCCC)COP(=O)(O)OC[C@H](N)C(=O)O. The molecule has 0 aliphatic heterocycles.